The van der Waals surface area contributed by atoms with Crippen molar-refractivity contribution >= 4 is 22.7 Å². The largest absolute Gasteiger partial charge is 0.139 e. The van der Waals surface area contributed by atoms with Crippen LogP contribution in [-0.2, 0) is 5.41 Å². The summed E-state index contributed by atoms with van der Waals surface area (Å²) in [6.45, 7) is 12.1. The van der Waals surface area contributed by atoms with Crippen LogP contribution in [0.15, 0.2) is 61.7 Å². The van der Waals surface area contributed by atoms with Crippen molar-refractivity contribution in [3.8, 4) is 9.75 Å². The number of allylic oxidation sites excluding steroid dienone is 6. The fraction of sp³-hybridized carbons (Fsp3) is 0.448. The van der Waals surface area contributed by atoms with Crippen molar-refractivity contribution in [2.75, 3.05) is 0 Å². The third kappa shape index (κ3) is 5.79. The van der Waals surface area contributed by atoms with Crippen LogP contribution in [0.2, 0.25) is 0 Å². The molecule has 0 fully saturated rings. The van der Waals surface area contributed by atoms with Crippen molar-refractivity contribution in [2.45, 2.75) is 83.5 Å². The van der Waals surface area contributed by atoms with E-state index in [9.17, 15) is 0 Å². The zero-order valence-corrected chi connectivity index (χ0v) is 21.1. The highest BCUT2D eigenvalue weighted by Gasteiger charge is 2.44. The minimum absolute atomic E-state index is 0.244. The van der Waals surface area contributed by atoms with Crippen molar-refractivity contribution in [2.24, 2.45) is 0 Å². The molecule has 2 heteroatoms. The molecule has 2 aromatic rings. The van der Waals surface area contributed by atoms with E-state index in [1.807, 2.05) is 34.8 Å². The number of aryl methyl sites for hydroxylation is 2. The molecule has 2 aromatic heterocycles. The fourth-order valence-corrected chi connectivity index (χ4v) is 7.38. The van der Waals surface area contributed by atoms with Gasteiger partial charge in [-0.25, -0.2) is 0 Å². The molecular weight excluding hydrogens is 412 g/mol. The molecule has 0 N–H and O–H groups in total. The van der Waals surface area contributed by atoms with E-state index in [0.717, 1.165) is 0 Å². The maximum atomic E-state index is 3.77. The monoisotopic (exact) mass is 450 g/mol. The maximum absolute atomic E-state index is 3.77. The lowest BCUT2D eigenvalue weighted by Crippen LogP contribution is -2.25. The summed E-state index contributed by atoms with van der Waals surface area (Å²) in [5, 5.41) is 0. The van der Waals surface area contributed by atoms with Gasteiger partial charge in [0, 0.05) is 24.9 Å². The Balaban J connectivity index is 1.73. The zero-order valence-electron chi connectivity index (χ0n) is 19.4. The molecular formula is C29H38S2. The highest BCUT2D eigenvalue weighted by atomic mass is 32.1. The molecule has 0 saturated heterocycles. The van der Waals surface area contributed by atoms with E-state index in [1.54, 1.807) is 20.9 Å². The van der Waals surface area contributed by atoms with Gasteiger partial charge in [-0.1, -0.05) is 75.3 Å². The van der Waals surface area contributed by atoms with Gasteiger partial charge in [-0.3, -0.25) is 0 Å². The van der Waals surface area contributed by atoms with Gasteiger partial charge in [0.1, 0.15) is 0 Å². The molecule has 31 heavy (non-hydrogen) atoms. The first-order valence-electron chi connectivity index (χ1n) is 11.9. The van der Waals surface area contributed by atoms with Crippen molar-refractivity contribution in [3.63, 3.8) is 0 Å². The molecule has 0 atom stereocenters. The lowest BCUT2D eigenvalue weighted by atomic mass is 9.71. The van der Waals surface area contributed by atoms with Crippen LogP contribution >= 0.6 is 22.7 Å². The molecule has 166 valence electrons. The predicted molar refractivity (Wildman–Crippen MR) is 143 cm³/mol. The Hall–Kier alpha value is -1.64. The lowest BCUT2D eigenvalue weighted by molar-refractivity contribution is 0.403. The van der Waals surface area contributed by atoms with E-state index in [-0.39, 0.29) is 5.41 Å². The number of unbranched alkanes of at least 4 members (excludes halogenated alkanes) is 6. The van der Waals surface area contributed by atoms with Gasteiger partial charge in [-0.2, -0.15) is 0 Å². The van der Waals surface area contributed by atoms with Crippen LogP contribution in [-0.4, -0.2) is 0 Å². The van der Waals surface area contributed by atoms with E-state index in [1.165, 1.54) is 74.0 Å². The van der Waals surface area contributed by atoms with Gasteiger partial charge in [0.25, 0.3) is 0 Å². The smallest absolute Gasteiger partial charge is 0.0489 e. The molecule has 0 amide bonds. The summed E-state index contributed by atoms with van der Waals surface area (Å²) in [6.07, 6.45) is 25.1. The molecule has 3 rings (SSSR count). The quantitative estimate of drug-likeness (QED) is 0.198. The number of hydrogen-bond acceptors (Lipinski definition) is 2. The molecule has 1 aliphatic carbocycles. The Morgan fingerprint density at radius 2 is 1.16 bits per heavy atom. The summed E-state index contributed by atoms with van der Waals surface area (Å²) < 4.78 is 0. The highest BCUT2D eigenvalue weighted by molar-refractivity contribution is 7.22. The fourth-order valence-electron chi connectivity index (χ4n) is 5.00. The number of rotatable bonds is 14. The van der Waals surface area contributed by atoms with Gasteiger partial charge in [-0.15, -0.1) is 22.7 Å². The van der Waals surface area contributed by atoms with Gasteiger partial charge in [-0.05, 0) is 75.6 Å². The van der Waals surface area contributed by atoms with Crippen LogP contribution in [0, 0.1) is 13.8 Å². The Labute approximate surface area is 198 Å². The Morgan fingerprint density at radius 3 is 1.58 bits per heavy atom. The lowest BCUT2D eigenvalue weighted by Gasteiger charge is -2.31. The van der Waals surface area contributed by atoms with E-state index in [0.29, 0.717) is 0 Å². The topological polar surface area (TPSA) is 0 Å². The summed E-state index contributed by atoms with van der Waals surface area (Å²) in [7, 11) is 0. The summed E-state index contributed by atoms with van der Waals surface area (Å²) in [4.78, 5) is 6.09. The summed E-state index contributed by atoms with van der Waals surface area (Å²) >= 11 is 4.03. The first-order chi connectivity index (χ1) is 15.1. The van der Waals surface area contributed by atoms with Crippen LogP contribution in [0.25, 0.3) is 9.75 Å². The second kappa shape index (κ2) is 11.8. The summed E-state index contributed by atoms with van der Waals surface area (Å²) in [6, 6.07) is 5.03. The molecule has 0 spiro atoms. The minimum atomic E-state index is 0.244. The maximum Gasteiger partial charge on any atom is 0.0489 e. The molecule has 0 aliphatic heterocycles. The van der Waals surface area contributed by atoms with Crippen LogP contribution in [0.3, 0.4) is 0 Å². The first-order valence-corrected chi connectivity index (χ1v) is 13.5. The average molecular weight is 451 g/mol. The normalized spacial score (nSPS) is 14.4. The number of fused-ring (bicyclic) bond motifs is 3. The molecule has 0 aromatic carbocycles. The Morgan fingerprint density at radius 1 is 0.710 bits per heavy atom. The third-order valence-corrected chi connectivity index (χ3v) is 8.71. The molecule has 0 radical (unpaired) electrons. The van der Waals surface area contributed by atoms with E-state index >= 15 is 0 Å². The van der Waals surface area contributed by atoms with E-state index < -0.39 is 0 Å². The second-order valence-corrected chi connectivity index (χ2v) is 11.3. The van der Waals surface area contributed by atoms with Crippen LogP contribution in [0.4, 0.5) is 0 Å². The number of hydrogen-bond donors (Lipinski definition) is 0. The number of thiophene rings is 2. The predicted octanol–water partition coefficient (Wildman–Crippen LogP) is 10.1. The summed E-state index contributed by atoms with van der Waals surface area (Å²) in [5.74, 6) is 0. The SMILES string of the molecule is C=C/C=C\CCCCCC1(CCCCC/C=C\C=C)c2cc(C)sc2-c2sc(C)cc21. The molecule has 0 saturated carbocycles. The van der Waals surface area contributed by atoms with Gasteiger partial charge in [0.2, 0.25) is 0 Å². The van der Waals surface area contributed by atoms with E-state index in [2.05, 4.69) is 63.4 Å². The van der Waals surface area contributed by atoms with Crippen molar-refractivity contribution in [1.82, 2.24) is 0 Å². The van der Waals surface area contributed by atoms with Gasteiger partial charge in [0.05, 0.1) is 0 Å². The zero-order chi connectivity index (χ0) is 22.1. The summed E-state index contributed by atoms with van der Waals surface area (Å²) in [5.41, 5.74) is 3.54. The standard InChI is InChI=1S/C29H38S2/c1-5-7-9-11-13-15-17-19-29(20-18-16-14-12-10-8-6-2)25-21-23(3)30-27(25)28-26(29)22-24(4)31-28/h5-10,21-22H,1-2,11-20H2,3-4H3/b9-7-,10-8-. The third-order valence-electron chi connectivity index (χ3n) is 6.44. The molecule has 0 unspecified atom stereocenters. The second-order valence-electron chi connectivity index (χ2n) is 8.81. The van der Waals surface area contributed by atoms with Crippen molar-refractivity contribution in [1.29, 1.82) is 0 Å². The van der Waals surface area contributed by atoms with Gasteiger partial charge >= 0.3 is 0 Å². The molecule has 2 heterocycles. The van der Waals surface area contributed by atoms with Gasteiger partial charge in [0.15, 0.2) is 0 Å². The van der Waals surface area contributed by atoms with Crippen molar-refractivity contribution < 1.29 is 0 Å². The Bertz CT molecular complexity index is 842. The van der Waals surface area contributed by atoms with Crippen LogP contribution in [0.1, 0.15) is 85.1 Å². The van der Waals surface area contributed by atoms with Crippen LogP contribution < -0.4 is 0 Å². The van der Waals surface area contributed by atoms with Gasteiger partial charge < -0.3 is 0 Å². The average Bonchev–Trinajstić information content (AvgIpc) is 3.38. The molecule has 0 nitrogen and oxygen atoms in total. The Kier molecular flexibility index (Phi) is 9.16. The van der Waals surface area contributed by atoms with Crippen LogP contribution in [0.5, 0.6) is 0 Å². The first kappa shape index (κ1) is 24.0. The molecule has 0 bridgehead atoms. The highest BCUT2D eigenvalue weighted by Crippen LogP contribution is 2.59. The molecule has 1 aliphatic rings. The van der Waals surface area contributed by atoms with E-state index in [4.69, 9.17) is 0 Å². The van der Waals surface area contributed by atoms with Crippen molar-refractivity contribution in [3.05, 3.63) is 82.6 Å². The minimum Gasteiger partial charge on any atom is -0.139 e.